The Labute approximate surface area is 109 Å². The average molecular weight is 269 g/mol. The zero-order valence-electron chi connectivity index (χ0n) is 9.83. The number of nitrogens with one attached hydrogen (secondary N) is 2. The molecule has 1 fully saturated rings. The van der Waals surface area contributed by atoms with Crippen molar-refractivity contribution in [3.05, 3.63) is 23.2 Å². The van der Waals surface area contributed by atoms with Crippen molar-refractivity contribution >= 4 is 29.1 Å². The molecule has 1 saturated heterocycles. The lowest BCUT2D eigenvalue weighted by Gasteiger charge is -2.12. The summed E-state index contributed by atoms with van der Waals surface area (Å²) in [5, 5.41) is 5.68. The van der Waals surface area contributed by atoms with Gasteiger partial charge in [0.2, 0.25) is 11.8 Å². The van der Waals surface area contributed by atoms with Gasteiger partial charge in [0.05, 0.1) is 17.8 Å². The summed E-state index contributed by atoms with van der Waals surface area (Å²) in [7, 11) is 1.54. The molecule has 0 saturated carbocycles. The molecule has 5 nitrogen and oxygen atoms in total. The van der Waals surface area contributed by atoms with Crippen LogP contribution in [0.15, 0.2) is 18.2 Å². The first-order valence-corrected chi connectivity index (χ1v) is 5.91. The molecule has 2 N–H and O–H groups in total. The number of hydrogen-bond acceptors (Lipinski definition) is 3. The van der Waals surface area contributed by atoms with Crippen molar-refractivity contribution in [1.29, 1.82) is 0 Å². The first-order chi connectivity index (χ1) is 8.60. The second kappa shape index (κ2) is 5.27. The van der Waals surface area contributed by atoms with Gasteiger partial charge in [0.1, 0.15) is 11.8 Å². The first-order valence-electron chi connectivity index (χ1n) is 5.54. The molecular formula is C12H13ClN2O3. The minimum Gasteiger partial charge on any atom is -0.497 e. The number of ether oxygens (including phenoxy) is 1. The van der Waals surface area contributed by atoms with Gasteiger partial charge in [0, 0.05) is 12.5 Å². The fraction of sp³-hybridized carbons (Fsp3) is 0.333. The molecule has 6 heteroatoms. The largest absolute Gasteiger partial charge is 0.497 e. The number of amides is 2. The van der Waals surface area contributed by atoms with E-state index >= 15 is 0 Å². The molecule has 18 heavy (non-hydrogen) atoms. The second-order valence-corrected chi connectivity index (χ2v) is 4.40. The van der Waals surface area contributed by atoms with E-state index in [0.717, 1.165) is 0 Å². The Kier molecular flexibility index (Phi) is 3.72. The molecule has 1 aromatic carbocycles. The third-order valence-electron chi connectivity index (χ3n) is 2.75. The van der Waals surface area contributed by atoms with Crippen molar-refractivity contribution in [3.8, 4) is 5.75 Å². The summed E-state index contributed by atoms with van der Waals surface area (Å²) < 4.78 is 5.01. The van der Waals surface area contributed by atoms with E-state index in [4.69, 9.17) is 16.3 Å². The molecule has 1 aliphatic heterocycles. The van der Waals surface area contributed by atoms with E-state index in [1.807, 2.05) is 0 Å². The number of halogens is 1. The number of rotatable bonds is 3. The summed E-state index contributed by atoms with van der Waals surface area (Å²) in [6, 6.07) is 4.50. The van der Waals surface area contributed by atoms with Crippen LogP contribution in [-0.4, -0.2) is 25.0 Å². The van der Waals surface area contributed by atoms with Gasteiger partial charge in [-0.2, -0.15) is 0 Å². The Morgan fingerprint density at radius 1 is 1.56 bits per heavy atom. The monoisotopic (exact) mass is 268 g/mol. The molecule has 96 valence electrons. The van der Waals surface area contributed by atoms with Gasteiger partial charge < -0.3 is 15.4 Å². The fourth-order valence-electron chi connectivity index (χ4n) is 1.75. The highest BCUT2D eigenvalue weighted by Crippen LogP contribution is 2.27. The quantitative estimate of drug-likeness (QED) is 0.874. The summed E-state index contributed by atoms with van der Waals surface area (Å²) in [5.74, 6) is 0.260. The third kappa shape index (κ3) is 2.73. The lowest BCUT2D eigenvalue weighted by molar-refractivity contribution is -0.122. The fourth-order valence-corrected chi connectivity index (χ4v) is 1.97. The predicted molar refractivity (Wildman–Crippen MR) is 67.8 cm³/mol. The third-order valence-corrected chi connectivity index (χ3v) is 3.06. The molecule has 2 amide bonds. The number of hydrogen-bond donors (Lipinski definition) is 2. The van der Waals surface area contributed by atoms with Crippen LogP contribution < -0.4 is 15.4 Å². The molecule has 1 unspecified atom stereocenters. The van der Waals surface area contributed by atoms with Gasteiger partial charge in [-0.3, -0.25) is 9.59 Å². The normalized spacial score (nSPS) is 18.3. The smallest absolute Gasteiger partial charge is 0.247 e. The van der Waals surface area contributed by atoms with Crippen LogP contribution in [0.5, 0.6) is 5.75 Å². The Hall–Kier alpha value is -1.75. The van der Waals surface area contributed by atoms with Crippen molar-refractivity contribution in [2.75, 3.05) is 12.4 Å². The van der Waals surface area contributed by atoms with Crippen molar-refractivity contribution in [3.63, 3.8) is 0 Å². The maximum atomic E-state index is 11.9. The molecule has 0 spiro atoms. The van der Waals surface area contributed by atoms with Crippen molar-refractivity contribution in [2.45, 2.75) is 18.9 Å². The van der Waals surface area contributed by atoms with Gasteiger partial charge in [-0.25, -0.2) is 0 Å². The number of benzene rings is 1. The SMILES string of the molecule is COc1ccc(NC(=O)C2CCC(=O)N2)c(Cl)c1. The van der Waals surface area contributed by atoms with E-state index < -0.39 is 6.04 Å². The molecule has 0 aromatic heterocycles. The van der Waals surface area contributed by atoms with Crippen LogP contribution in [0.2, 0.25) is 5.02 Å². The van der Waals surface area contributed by atoms with Crippen LogP contribution >= 0.6 is 11.6 Å². The van der Waals surface area contributed by atoms with E-state index in [2.05, 4.69) is 10.6 Å². The van der Waals surface area contributed by atoms with Crippen LogP contribution in [-0.2, 0) is 9.59 Å². The number of carbonyl (C=O) groups excluding carboxylic acids is 2. The van der Waals surface area contributed by atoms with E-state index in [9.17, 15) is 9.59 Å². The molecule has 0 radical (unpaired) electrons. The first kappa shape index (κ1) is 12.7. The van der Waals surface area contributed by atoms with Crippen LogP contribution in [0.3, 0.4) is 0 Å². The van der Waals surface area contributed by atoms with Gasteiger partial charge in [-0.15, -0.1) is 0 Å². The second-order valence-electron chi connectivity index (χ2n) is 3.99. The number of carbonyl (C=O) groups is 2. The highest BCUT2D eigenvalue weighted by atomic mass is 35.5. The summed E-state index contributed by atoms with van der Waals surface area (Å²) in [6.07, 6.45) is 0.896. The van der Waals surface area contributed by atoms with Gasteiger partial charge in [0.25, 0.3) is 0 Å². The topological polar surface area (TPSA) is 67.4 Å². The van der Waals surface area contributed by atoms with Crippen LogP contribution in [0, 0.1) is 0 Å². The molecule has 1 aromatic rings. The molecule has 0 bridgehead atoms. The van der Waals surface area contributed by atoms with Crippen molar-refractivity contribution < 1.29 is 14.3 Å². The predicted octanol–water partition coefficient (Wildman–Crippen LogP) is 1.57. The number of anilines is 1. The van der Waals surface area contributed by atoms with Crippen LogP contribution in [0.25, 0.3) is 0 Å². The molecule has 1 heterocycles. The van der Waals surface area contributed by atoms with E-state index in [-0.39, 0.29) is 11.8 Å². The average Bonchev–Trinajstić information content (AvgIpc) is 2.78. The summed E-state index contributed by atoms with van der Waals surface area (Å²) in [4.78, 5) is 22.9. The van der Waals surface area contributed by atoms with E-state index in [1.165, 1.54) is 7.11 Å². The Morgan fingerprint density at radius 3 is 2.89 bits per heavy atom. The summed E-state index contributed by atoms with van der Waals surface area (Å²) >= 11 is 6.01. The molecule has 0 aliphatic carbocycles. The van der Waals surface area contributed by atoms with Gasteiger partial charge in [-0.05, 0) is 18.6 Å². The summed E-state index contributed by atoms with van der Waals surface area (Å²) in [5.41, 5.74) is 0.503. The molecule has 1 aliphatic rings. The highest BCUT2D eigenvalue weighted by Gasteiger charge is 2.27. The van der Waals surface area contributed by atoms with E-state index in [0.29, 0.717) is 29.3 Å². The van der Waals surface area contributed by atoms with Crippen molar-refractivity contribution in [2.24, 2.45) is 0 Å². The van der Waals surface area contributed by atoms with Crippen LogP contribution in [0.4, 0.5) is 5.69 Å². The maximum Gasteiger partial charge on any atom is 0.247 e. The van der Waals surface area contributed by atoms with Gasteiger partial charge in [0.15, 0.2) is 0 Å². The minimum atomic E-state index is -0.476. The van der Waals surface area contributed by atoms with Gasteiger partial charge >= 0.3 is 0 Å². The van der Waals surface area contributed by atoms with E-state index in [1.54, 1.807) is 18.2 Å². The van der Waals surface area contributed by atoms with Gasteiger partial charge in [-0.1, -0.05) is 11.6 Å². The Balaban J connectivity index is 2.05. The Morgan fingerprint density at radius 2 is 2.33 bits per heavy atom. The lowest BCUT2D eigenvalue weighted by atomic mass is 10.2. The Bertz CT molecular complexity index is 490. The van der Waals surface area contributed by atoms with Crippen molar-refractivity contribution in [1.82, 2.24) is 5.32 Å². The molecule has 2 rings (SSSR count). The zero-order chi connectivity index (χ0) is 13.1. The standard InChI is InChI=1S/C12H13ClN2O3/c1-18-7-2-3-9(8(13)6-7)15-12(17)10-4-5-11(16)14-10/h2-3,6,10H,4-5H2,1H3,(H,14,16)(H,15,17). The molecular weight excluding hydrogens is 256 g/mol. The molecule has 1 atom stereocenters. The summed E-state index contributed by atoms with van der Waals surface area (Å²) in [6.45, 7) is 0. The lowest BCUT2D eigenvalue weighted by Crippen LogP contribution is -2.37. The van der Waals surface area contributed by atoms with Crippen LogP contribution in [0.1, 0.15) is 12.8 Å². The zero-order valence-corrected chi connectivity index (χ0v) is 10.6. The number of methoxy groups -OCH3 is 1. The maximum absolute atomic E-state index is 11.9. The minimum absolute atomic E-state index is 0.101. The highest BCUT2D eigenvalue weighted by molar-refractivity contribution is 6.33.